The molecule has 0 amide bonds. The van der Waals surface area contributed by atoms with Crippen LogP contribution in [-0.2, 0) is 0 Å². The maximum Gasteiger partial charge on any atom is 0.164 e. The average Bonchev–Trinajstić information content (AvgIpc) is 3.16. The molecule has 7 nitrogen and oxygen atoms in total. The number of nitrogens with one attached hydrogen (secondary N) is 1. The number of nitrogens with zero attached hydrogens (tertiary/aromatic N) is 4. The normalized spacial score (nSPS) is 11.7. The maximum absolute atomic E-state index is 6.13. The molecule has 0 aliphatic heterocycles. The zero-order valence-electron chi connectivity index (χ0n) is 14.4. The molecule has 7 heteroatoms. The van der Waals surface area contributed by atoms with E-state index < -0.39 is 0 Å². The molecular weight excluding hydrogens is 316 g/mol. The van der Waals surface area contributed by atoms with E-state index in [1.54, 1.807) is 0 Å². The number of ether oxygens (including phenoxy) is 1. The molecule has 0 aliphatic rings. The van der Waals surface area contributed by atoms with Crippen LogP contribution >= 0.6 is 0 Å². The number of anilines is 1. The second kappa shape index (κ2) is 5.77. The number of hydrogen-bond donors (Lipinski definition) is 2. The van der Waals surface area contributed by atoms with Gasteiger partial charge in [-0.2, -0.15) is 5.10 Å². The quantitative estimate of drug-likeness (QED) is 0.594. The molecule has 0 bridgehead atoms. The lowest BCUT2D eigenvalue weighted by Crippen LogP contribution is -2.04. The Labute approximate surface area is 144 Å². The molecule has 0 radical (unpaired) electrons. The molecule has 3 aromatic heterocycles. The molecule has 0 saturated carbocycles. The van der Waals surface area contributed by atoms with E-state index in [1.807, 2.05) is 29.8 Å². The van der Waals surface area contributed by atoms with Crippen molar-refractivity contribution in [3.8, 4) is 17.1 Å². The summed E-state index contributed by atoms with van der Waals surface area (Å²) < 4.78 is 7.46. The van der Waals surface area contributed by atoms with E-state index in [0.29, 0.717) is 12.4 Å². The number of aromatic nitrogens is 5. The van der Waals surface area contributed by atoms with Crippen molar-refractivity contribution >= 4 is 27.8 Å². The highest BCUT2D eigenvalue weighted by molar-refractivity contribution is 6.00. The number of aromatic amines is 1. The van der Waals surface area contributed by atoms with Crippen LogP contribution in [-0.4, -0.2) is 31.3 Å². The smallest absolute Gasteiger partial charge is 0.164 e. The SMILES string of the molecule is CCOc1ccc2[nH]c(-c3nn(C(C)C)c4ncnc(N)c34)cc2c1. The fourth-order valence-electron chi connectivity index (χ4n) is 3.04. The zero-order valence-corrected chi connectivity index (χ0v) is 14.4. The monoisotopic (exact) mass is 336 g/mol. The first-order valence-electron chi connectivity index (χ1n) is 8.33. The Kier molecular flexibility index (Phi) is 3.56. The second-order valence-electron chi connectivity index (χ2n) is 6.21. The van der Waals surface area contributed by atoms with Gasteiger partial charge in [0.05, 0.1) is 17.7 Å². The van der Waals surface area contributed by atoms with Crippen molar-refractivity contribution in [1.29, 1.82) is 0 Å². The minimum absolute atomic E-state index is 0.166. The number of nitrogens with two attached hydrogens (primary N) is 1. The van der Waals surface area contributed by atoms with Crippen LogP contribution in [0.5, 0.6) is 5.75 Å². The Morgan fingerprint density at radius 3 is 2.84 bits per heavy atom. The van der Waals surface area contributed by atoms with Crippen LogP contribution < -0.4 is 10.5 Å². The van der Waals surface area contributed by atoms with Gasteiger partial charge in [-0.25, -0.2) is 14.6 Å². The van der Waals surface area contributed by atoms with Gasteiger partial charge in [-0.15, -0.1) is 0 Å². The summed E-state index contributed by atoms with van der Waals surface area (Å²) in [4.78, 5) is 11.9. The summed E-state index contributed by atoms with van der Waals surface area (Å²) in [5.74, 6) is 1.28. The molecule has 0 spiro atoms. The number of hydrogen-bond acceptors (Lipinski definition) is 5. The van der Waals surface area contributed by atoms with Gasteiger partial charge in [0.1, 0.15) is 23.6 Å². The third-order valence-corrected chi connectivity index (χ3v) is 4.17. The molecule has 0 unspecified atom stereocenters. The van der Waals surface area contributed by atoms with Crippen molar-refractivity contribution < 1.29 is 4.74 Å². The molecule has 1 aromatic carbocycles. The van der Waals surface area contributed by atoms with E-state index >= 15 is 0 Å². The fourth-order valence-corrected chi connectivity index (χ4v) is 3.04. The van der Waals surface area contributed by atoms with E-state index in [1.165, 1.54) is 6.33 Å². The zero-order chi connectivity index (χ0) is 17.6. The predicted molar refractivity (Wildman–Crippen MR) is 98.6 cm³/mol. The number of nitrogen functional groups attached to an aromatic ring is 1. The summed E-state index contributed by atoms with van der Waals surface area (Å²) in [6.07, 6.45) is 1.47. The summed E-state index contributed by atoms with van der Waals surface area (Å²) in [6.45, 7) is 6.74. The lowest BCUT2D eigenvalue weighted by atomic mass is 10.2. The molecule has 4 aromatic rings. The van der Waals surface area contributed by atoms with Gasteiger partial charge in [0.2, 0.25) is 0 Å². The second-order valence-corrected chi connectivity index (χ2v) is 6.21. The van der Waals surface area contributed by atoms with Crippen molar-refractivity contribution in [2.75, 3.05) is 12.3 Å². The van der Waals surface area contributed by atoms with Crippen molar-refractivity contribution in [1.82, 2.24) is 24.7 Å². The third-order valence-electron chi connectivity index (χ3n) is 4.17. The standard InChI is InChI=1S/C18H20N6O/c1-4-25-12-5-6-13-11(7-12)8-14(22-13)16-15-17(19)20-9-21-18(15)24(23-16)10(2)3/h5-10,22H,4H2,1-3H3,(H2,19,20,21). The van der Waals surface area contributed by atoms with Crippen LogP contribution in [0.25, 0.3) is 33.3 Å². The fraction of sp³-hybridized carbons (Fsp3) is 0.278. The molecule has 3 N–H and O–H groups in total. The minimum Gasteiger partial charge on any atom is -0.494 e. The van der Waals surface area contributed by atoms with Gasteiger partial charge in [-0.3, -0.25) is 0 Å². The van der Waals surface area contributed by atoms with Crippen LogP contribution in [0.4, 0.5) is 5.82 Å². The Balaban J connectivity index is 1.93. The summed E-state index contributed by atoms with van der Waals surface area (Å²) in [5.41, 5.74) is 9.53. The maximum atomic E-state index is 6.13. The van der Waals surface area contributed by atoms with E-state index in [9.17, 15) is 0 Å². The molecule has 0 atom stereocenters. The van der Waals surface area contributed by atoms with Crippen molar-refractivity contribution in [3.63, 3.8) is 0 Å². The van der Waals surface area contributed by atoms with Crippen LogP contribution in [0.2, 0.25) is 0 Å². The van der Waals surface area contributed by atoms with E-state index in [-0.39, 0.29) is 6.04 Å². The molecule has 128 valence electrons. The first-order chi connectivity index (χ1) is 12.1. The van der Waals surface area contributed by atoms with Crippen molar-refractivity contribution in [3.05, 3.63) is 30.6 Å². The highest BCUT2D eigenvalue weighted by atomic mass is 16.5. The molecule has 0 fully saturated rings. The van der Waals surface area contributed by atoms with Gasteiger partial charge < -0.3 is 15.5 Å². The molecular formula is C18H20N6O. The lowest BCUT2D eigenvalue weighted by Gasteiger charge is -2.05. The molecule has 25 heavy (non-hydrogen) atoms. The summed E-state index contributed by atoms with van der Waals surface area (Å²) in [6, 6.07) is 8.19. The van der Waals surface area contributed by atoms with Crippen molar-refractivity contribution in [2.45, 2.75) is 26.8 Å². The number of H-pyrrole nitrogens is 1. The number of rotatable bonds is 4. The predicted octanol–water partition coefficient (Wildman–Crippen LogP) is 3.54. The number of fused-ring (bicyclic) bond motifs is 2. The molecule has 0 aliphatic carbocycles. The van der Waals surface area contributed by atoms with Gasteiger partial charge >= 0.3 is 0 Å². The van der Waals surface area contributed by atoms with E-state index in [0.717, 1.165) is 39.1 Å². The third kappa shape index (κ3) is 2.48. The van der Waals surface area contributed by atoms with Gasteiger partial charge in [0, 0.05) is 16.9 Å². The Morgan fingerprint density at radius 1 is 1.24 bits per heavy atom. The average molecular weight is 336 g/mol. The van der Waals surface area contributed by atoms with E-state index in [4.69, 9.17) is 15.6 Å². The van der Waals surface area contributed by atoms with Crippen LogP contribution in [0.1, 0.15) is 26.8 Å². The lowest BCUT2D eigenvalue weighted by molar-refractivity contribution is 0.341. The van der Waals surface area contributed by atoms with Gasteiger partial charge in [-0.05, 0) is 45.0 Å². The topological polar surface area (TPSA) is 94.6 Å². The highest BCUT2D eigenvalue weighted by Gasteiger charge is 2.19. The summed E-state index contributed by atoms with van der Waals surface area (Å²) in [7, 11) is 0. The van der Waals surface area contributed by atoms with Crippen LogP contribution in [0, 0.1) is 0 Å². The first kappa shape index (κ1) is 15.4. The van der Waals surface area contributed by atoms with Crippen LogP contribution in [0.3, 0.4) is 0 Å². The molecule has 0 saturated heterocycles. The number of benzene rings is 1. The Bertz CT molecular complexity index is 1060. The largest absolute Gasteiger partial charge is 0.494 e. The minimum atomic E-state index is 0.166. The first-order valence-corrected chi connectivity index (χ1v) is 8.33. The molecule has 4 rings (SSSR count). The van der Waals surface area contributed by atoms with Crippen molar-refractivity contribution in [2.24, 2.45) is 0 Å². The van der Waals surface area contributed by atoms with E-state index in [2.05, 4.69) is 34.9 Å². The van der Waals surface area contributed by atoms with Gasteiger partial charge in [0.15, 0.2) is 5.65 Å². The summed E-state index contributed by atoms with van der Waals surface area (Å²) >= 11 is 0. The van der Waals surface area contributed by atoms with Crippen LogP contribution in [0.15, 0.2) is 30.6 Å². The Hall–Kier alpha value is -3.09. The van der Waals surface area contributed by atoms with Gasteiger partial charge in [0.25, 0.3) is 0 Å². The summed E-state index contributed by atoms with van der Waals surface area (Å²) in [5, 5.41) is 6.58. The molecule has 3 heterocycles. The Morgan fingerprint density at radius 2 is 2.08 bits per heavy atom. The highest BCUT2D eigenvalue weighted by Crippen LogP contribution is 2.33. The van der Waals surface area contributed by atoms with Gasteiger partial charge in [-0.1, -0.05) is 0 Å².